The molecule has 3 N–H and O–H groups in total. The molecule has 0 aliphatic rings. The van der Waals surface area contributed by atoms with Crippen LogP contribution < -0.4 is 11.1 Å². The first kappa shape index (κ1) is 10.8. The van der Waals surface area contributed by atoms with Crippen molar-refractivity contribution in [3.63, 3.8) is 0 Å². The summed E-state index contributed by atoms with van der Waals surface area (Å²) in [6, 6.07) is 0. The highest BCUT2D eigenvalue weighted by atomic mass is 32.2. The minimum absolute atomic E-state index is 0.0249. The van der Waals surface area contributed by atoms with E-state index in [1.807, 2.05) is 0 Å². The number of carbonyl (C=O) groups excluding carboxylic acids is 1. The molecule has 0 spiro atoms. The van der Waals surface area contributed by atoms with Gasteiger partial charge < -0.3 is 11.1 Å². The van der Waals surface area contributed by atoms with Crippen molar-refractivity contribution >= 4 is 23.6 Å². The Kier molecular flexibility index (Phi) is 3.75. The van der Waals surface area contributed by atoms with E-state index < -0.39 is 0 Å². The van der Waals surface area contributed by atoms with Gasteiger partial charge in [0.25, 0.3) is 0 Å². The average molecular weight is 215 g/mol. The van der Waals surface area contributed by atoms with Gasteiger partial charge in [-0.25, -0.2) is 0 Å². The van der Waals surface area contributed by atoms with Gasteiger partial charge in [-0.3, -0.25) is 9.36 Å². The number of aromatic nitrogens is 3. The summed E-state index contributed by atoms with van der Waals surface area (Å²) in [6.07, 6.45) is 0. The molecule has 0 aliphatic carbocycles. The van der Waals surface area contributed by atoms with Crippen molar-refractivity contribution in [1.29, 1.82) is 0 Å². The third-order valence-electron chi connectivity index (χ3n) is 1.58. The zero-order valence-electron chi connectivity index (χ0n) is 8.15. The average Bonchev–Trinajstić information content (AvgIpc) is 2.43. The summed E-state index contributed by atoms with van der Waals surface area (Å²) >= 11 is 1.50. The summed E-state index contributed by atoms with van der Waals surface area (Å²) in [6.45, 7) is 2.11. The Morgan fingerprint density at radius 3 is 2.86 bits per heavy atom. The van der Waals surface area contributed by atoms with Gasteiger partial charge in [0.2, 0.25) is 11.9 Å². The van der Waals surface area contributed by atoms with Gasteiger partial charge in [-0.2, -0.15) is 0 Å². The van der Waals surface area contributed by atoms with E-state index in [9.17, 15) is 4.79 Å². The number of amides is 1. The molecule has 1 rings (SSSR count). The molecule has 0 unspecified atom stereocenters. The van der Waals surface area contributed by atoms with E-state index in [-0.39, 0.29) is 5.91 Å². The van der Waals surface area contributed by atoms with Gasteiger partial charge in [0, 0.05) is 26.3 Å². The van der Waals surface area contributed by atoms with Crippen LogP contribution in [0.1, 0.15) is 6.92 Å². The van der Waals surface area contributed by atoms with Crippen molar-refractivity contribution in [2.75, 3.05) is 18.0 Å². The van der Waals surface area contributed by atoms with Gasteiger partial charge in [0.1, 0.15) is 0 Å². The van der Waals surface area contributed by atoms with E-state index in [0.717, 1.165) is 10.9 Å². The molecule has 0 fully saturated rings. The third kappa shape index (κ3) is 2.91. The predicted molar refractivity (Wildman–Crippen MR) is 54.8 cm³/mol. The Labute approximate surface area is 86.3 Å². The summed E-state index contributed by atoms with van der Waals surface area (Å²) in [5, 5.41) is 11.0. The lowest BCUT2D eigenvalue weighted by Crippen LogP contribution is -2.22. The third-order valence-corrected chi connectivity index (χ3v) is 2.60. The van der Waals surface area contributed by atoms with Crippen LogP contribution in [0.5, 0.6) is 0 Å². The molecule has 0 bridgehead atoms. The Bertz CT molecular complexity index is 324. The molecule has 0 aromatic carbocycles. The molecule has 78 valence electrons. The second-order valence-corrected chi connectivity index (χ2v) is 3.79. The van der Waals surface area contributed by atoms with Crippen molar-refractivity contribution in [3.8, 4) is 0 Å². The first-order valence-electron chi connectivity index (χ1n) is 4.13. The van der Waals surface area contributed by atoms with E-state index >= 15 is 0 Å². The summed E-state index contributed by atoms with van der Waals surface area (Å²) < 4.78 is 1.71. The van der Waals surface area contributed by atoms with Crippen molar-refractivity contribution in [2.45, 2.75) is 12.1 Å². The fourth-order valence-corrected chi connectivity index (χ4v) is 1.59. The SMILES string of the molecule is CC(=O)NCCSc1nnc(N)n1C. The van der Waals surface area contributed by atoms with Gasteiger partial charge in [-0.05, 0) is 0 Å². The summed E-state index contributed by atoms with van der Waals surface area (Å²) in [7, 11) is 1.80. The van der Waals surface area contributed by atoms with E-state index in [1.54, 1.807) is 11.6 Å². The Morgan fingerprint density at radius 2 is 2.36 bits per heavy atom. The Hall–Kier alpha value is -1.24. The smallest absolute Gasteiger partial charge is 0.222 e. The largest absolute Gasteiger partial charge is 0.368 e. The second-order valence-electron chi connectivity index (χ2n) is 2.73. The molecule has 1 amide bonds. The van der Waals surface area contributed by atoms with Gasteiger partial charge in [-0.1, -0.05) is 11.8 Å². The maximum atomic E-state index is 10.6. The van der Waals surface area contributed by atoms with Crippen LogP contribution in [0.2, 0.25) is 0 Å². The topological polar surface area (TPSA) is 85.8 Å². The highest BCUT2D eigenvalue weighted by Crippen LogP contribution is 2.14. The van der Waals surface area contributed by atoms with E-state index in [1.165, 1.54) is 18.7 Å². The Balaban J connectivity index is 2.31. The summed E-state index contributed by atoms with van der Waals surface area (Å²) in [5.41, 5.74) is 5.50. The van der Waals surface area contributed by atoms with Gasteiger partial charge in [0.05, 0.1) is 0 Å². The zero-order chi connectivity index (χ0) is 10.6. The Morgan fingerprint density at radius 1 is 1.64 bits per heavy atom. The molecule has 0 radical (unpaired) electrons. The standard InChI is InChI=1S/C7H13N5OS/c1-5(13)9-3-4-14-7-11-10-6(8)12(7)2/h3-4H2,1-2H3,(H2,8,10)(H,9,13). The molecule has 1 heterocycles. The molecule has 0 saturated heterocycles. The van der Waals surface area contributed by atoms with Crippen molar-refractivity contribution in [3.05, 3.63) is 0 Å². The highest BCUT2D eigenvalue weighted by molar-refractivity contribution is 7.99. The van der Waals surface area contributed by atoms with E-state index in [4.69, 9.17) is 5.73 Å². The number of rotatable bonds is 4. The monoisotopic (exact) mass is 215 g/mol. The number of nitrogen functional groups attached to an aromatic ring is 1. The van der Waals surface area contributed by atoms with E-state index in [2.05, 4.69) is 15.5 Å². The molecule has 1 aromatic rings. The van der Waals surface area contributed by atoms with Crippen LogP contribution in [-0.4, -0.2) is 33.0 Å². The molecule has 14 heavy (non-hydrogen) atoms. The molecule has 0 saturated carbocycles. The van der Waals surface area contributed by atoms with Crippen LogP contribution in [0.25, 0.3) is 0 Å². The van der Waals surface area contributed by atoms with Crippen LogP contribution in [0.4, 0.5) is 5.95 Å². The minimum atomic E-state index is -0.0249. The fraction of sp³-hybridized carbons (Fsp3) is 0.571. The van der Waals surface area contributed by atoms with Crippen LogP contribution in [0.15, 0.2) is 5.16 Å². The minimum Gasteiger partial charge on any atom is -0.368 e. The number of nitrogens with two attached hydrogens (primary N) is 1. The first-order chi connectivity index (χ1) is 6.61. The lowest BCUT2D eigenvalue weighted by atomic mass is 10.6. The van der Waals surface area contributed by atoms with Crippen LogP contribution >= 0.6 is 11.8 Å². The molecular formula is C7H13N5OS. The van der Waals surface area contributed by atoms with Crippen LogP contribution in [0.3, 0.4) is 0 Å². The molecule has 7 heteroatoms. The number of carbonyl (C=O) groups is 1. The predicted octanol–water partition coefficient (Wildman–Crippen LogP) is -0.375. The lowest BCUT2D eigenvalue weighted by Gasteiger charge is -2.01. The number of nitrogens with zero attached hydrogens (tertiary/aromatic N) is 3. The number of hydrogen-bond acceptors (Lipinski definition) is 5. The van der Waals surface area contributed by atoms with Crippen LogP contribution in [0, 0.1) is 0 Å². The maximum Gasteiger partial charge on any atom is 0.222 e. The highest BCUT2D eigenvalue weighted by Gasteiger charge is 2.04. The maximum absolute atomic E-state index is 10.6. The number of anilines is 1. The normalized spacial score (nSPS) is 10.1. The molecule has 6 nitrogen and oxygen atoms in total. The molecular weight excluding hydrogens is 202 g/mol. The first-order valence-corrected chi connectivity index (χ1v) is 5.12. The van der Waals surface area contributed by atoms with Crippen molar-refractivity contribution < 1.29 is 4.79 Å². The van der Waals surface area contributed by atoms with Crippen molar-refractivity contribution in [1.82, 2.24) is 20.1 Å². The van der Waals surface area contributed by atoms with E-state index in [0.29, 0.717) is 12.5 Å². The molecule has 0 aliphatic heterocycles. The van der Waals surface area contributed by atoms with Crippen molar-refractivity contribution in [2.24, 2.45) is 7.05 Å². The number of hydrogen-bond donors (Lipinski definition) is 2. The number of thioether (sulfide) groups is 1. The molecule has 1 aromatic heterocycles. The lowest BCUT2D eigenvalue weighted by molar-refractivity contribution is -0.118. The van der Waals surface area contributed by atoms with Gasteiger partial charge in [0.15, 0.2) is 5.16 Å². The van der Waals surface area contributed by atoms with Gasteiger partial charge in [-0.15, -0.1) is 10.2 Å². The number of nitrogens with one attached hydrogen (secondary N) is 1. The van der Waals surface area contributed by atoms with Gasteiger partial charge >= 0.3 is 0 Å². The summed E-state index contributed by atoms with van der Waals surface area (Å²) in [4.78, 5) is 10.6. The van der Waals surface area contributed by atoms with Crippen LogP contribution in [-0.2, 0) is 11.8 Å². The molecule has 0 atom stereocenters. The quantitative estimate of drug-likeness (QED) is 0.528. The second kappa shape index (κ2) is 4.85. The summed E-state index contributed by atoms with van der Waals surface area (Å²) in [5.74, 6) is 1.13. The zero-order valence-corrected chi connectivity index (χ0v) is 8.97. The fourth-order valence-electron chi connectivity index (χ4n) is 0.821.